The number of nitrogens with zero attached hydrogens (tertiary/aromatic N) is 1. The Labute approximate surface area is 142 Å². The molecule has 4 heteroatoms. The smallest absolute Gasteiger partial charge is 0.234 e. The molecule has 0 aliphatic carbocycles. The van der Waals surface area contributed by atoms with E-state index in [9.17, 15) is 4.79 Å². The molecule has 2 aromatic carbocycles. The number of amides is 1. The Kier molecular flexibility index (Phi) is 4.99. The molecule has 1 aliphatic rings. The van der Waals surface area contributed by atoms with E-state index in [1.807, 2.05) is 31.2 Å². The molecule has 0 saturated heterocycles. The summed E-state index contributed by atoms with van der Waals surface area (Å²) in [4.78, 5) is 14.5. The van der Waals surface area contributed by atoms with Crippen molar-refractivity contribution < 1.29 is 4.79 Å². The summed E-state index contributed by atoms with van der Waals surface area (Å²) in [5.74, 6) is 0.0619. The molecule has 1 amide bonds. The number of carbonyl (C=O) groups is 1. The second-order valence-electron chi connectivity index (χ2n) is 6.07. The highest BCUT2D eigenvalue weighted by molar-refractivity contribution is 6.30. The van der Waals surface area contributed by atoms with Crippen LogP contribution in [0.15, 0.2) is 48.5 Å². The molecule has 0 unspecified atom stereocenters. The quantitative estimate of drug-likeness (QED) is 0.930. The second kappa shape index (κ2) is 7.16. The van der Waals surface area contributed by atoms with Crippen LogP contribution in [-0.2, 0) is 17.8 Å². The molecule has 0 saturated carbocycles. The lowest BCUT2D eigenvalue weighted by molar-refractivity contribution is -0.123. The zero-order valence-corrected chi connectivity index (χ0v) is 14.0. The first-order chi connectivity index (χ1) is 11.1. The largest absolute Gasteiger partial charge is 0.348 e. The number of hydrogen-bond donors (Lipinski definition) is 1. The Bertz CT molecular complexity index is 684. The summed E-state index contributed by atoms with van der Waals surface area (Å²) in [5, 5.41) is 3.77. The van der Waals surface area contributed by atoms with Crippen LogP contribution in [0.1, 0.15) is 29.7 Å². The van der Waals surface area contributed by atoms with Crippen molar-refractivity contribution in [1.82, 2.24) is 10.2 Å². The summed E-state index contributed by atoms with van der Waals surface area (Å²) in [6.45, 7) is 4.21. The SMILES string of the molecule is C[C@@H](NC(=O)CN1CCc2ccccc2C1)c1ccc(Cl)cc1. The van der Waals surface area contributed by atoms with Crippen molar-refractivity contribution >= 4 is 17.5 Å². The molecule has 0 radical (unpaired) electrons. The molecule has 0 spiro atoms. The number of fused-ring (bicyclic) bond motifs is 1. The monoisotopic (exact) mass is 328 g/mol. The van der Waals surface area contributed by atoms with Gasteiger partial charge in [-0.05, 0) is 42.2 Å². The summed E-state index contributed by atoms with van der Waals surface area (Å²) in [6, 6.07) is 16.0. The summed E-state index contributed by atoms with van der Waals surface area (Å²) in [7, 11) is 0. The number of halogens is 1. The number of benzene rings is 2. The van der Waals surface area contributed by atoms with E-state index < -0.39 is 0 Å². The molecule has 23 heavy (non-hydrogen) atoms. The summed E-state index contributed by atoms with van der Waals surface area (Å²) in [5.41, 5.74) is 3.79. The Morgan fingerprint density at radius 1 is 1.17 bits per heavy atom. The Hall–Kier alpha value is -1.84. The normalized spacial score (nSPS) is 15.7. The van der Waals surface area contributed by atoms with Gasteiger partial charge in [-0.15, -0.1) is 0 Å². The van der Waals surface area contributed by atoms with Gasteiger partial charge in [0.15, 0.2) is 0 Å². The average molecular weight is 329 g/mol. The van der Waals surface area contributed by atoms with E-state index in [-0.39, 0.29) is 11.9 Å². The van der Waals surface area contributed by atoms with E-state index in [1.54, 1.807) is 0 Å². The van der Waals surface area contributed by atoms with Crippen molar-refractivity contribution in [2.45, 2.75) is 25.9 Å². The predicted molar refractivity (Wildman–Crippen MR) is 93.4 cm³/mol. The van der Waals surface area contributed by atoms with E-state index in [1.165, 1.54) is 11.1 Å². The standard InChI is InChI=1S/C19H21ClN2O/c1-14(15-6-8-18(20)9-7-15)21-19(23)13-22-11-10-16-4-2-3-5-17(16)12-22/h2-9,14H,10-13H2,1H3,(H,21,23)/t14-/m1/s1. The molecule has 1 aliphatic heterocycles. The second-order valence-corrected chi connectivity index (χ2v) is 6.51. The Balaban J connectivity index is 1.55. The maximum absolute atomic E-state index is 12.3. The minimum Gasteiger partial charge on any atom is -0.348 e. The Morgan fingerprint density at radius 3 is 2.61 bits per heavy atom. The molecule has 120 valence electrons. The topological polar surface area (TPSA) is 32.3 Å². The van der Waals surface area contributed by atoms with Crippen molar-refractivity contribution in [3.8, 4) is 0 Å². The van der Waals surface area contributed by atoms with Gasteiger partial charge in [0.25, 0.3) is 0 Å². The van der Waals surface area contributed by atoms with Gasteiger partial charge in [0.1, 0.15) is 0 Å². The summed E-state index contributed by atoms with van der Waals surface area (Å²) >= 11 is 5.90. The van der Waals surface area contributed by atoms with Crippen LogP contribution in [0, 0.1) is 0 Å². The first-order valence-corrected chi connectivity index (χ1v) is 8.33. The van der Waals surface area contributed by atoms with Crippen LogP contribution in [0.5, 0.6) is 0 Å². The molecule has 1 N–H and O–H groups in total. The maximum atomic E-state index is 12.3. The van der Waals surface area contributed by atoms with Gasteiger partial charge in [-0.2, -0.15) is 0 Å². The maximum Gasteiger partial charge on any atom is 0.234 e. The summed E-state index contributed by atoms with van der Waals surface area (Å²) < 4.78 is 0. The highest BCUT2D eigenvalue weighted by atomic mass is 35.5. The van der Waals surface area contributed by atoms with E-state index in [2.05, 4.69) is 34.5 Å². The lowest BCUT2D eigenvalue weighted by Gasteiger charge is -2.28. The zero-order valence-electron chi connectivity index (χ0n) is 13.3. The molecule has 0 aromatic heterocycles. The van der Waals surface area contributed by atoms with Gasteiger partial charge < -0.3 is 5.32 Å². The van der Waals surface area contributed by atoms with Crippen LogP contribution in [0.25, 0.3) is 0 Å². The molecule has 1 atom stereocenters. The highest BCUT2D eigenvalue weighted by Crippen LogP contribution is 2.19. The predicted octanol–water partition coefficient (Wildman–Crippen LogP) is 3.58. The van der Waals surface area contributed by atoms with Gasteiger partial charge >= 0.3 is 0 Å². The van der Waals surface area contributed by atoms with Crippen molar-refractivity contribution in [1.29, 1.82) is 0 Å². The minimum absolute atomic E-state index is 0.0168. The molecule has 3 nitrogen and oxygen atoms in total. The summed E-state index contributed by atoms with van der Waals surface area (Å²) in [6.07, 6.45) is 1.01. The lowest BCUT2D eigenvalue weighted by Crippen LogP contribution is -2.40. The van der Waals surface area contributed by atoms with E-state index in [0.717, 1.165) is 25.1 Å². The molecule has 1 heterocycles. The van der Waals surface area contributed by atoms with Crippen molar-refractivity contribution in [2.24, 2.45) is 0 Å². The van der Waals surface area contributed by atoms with Crippen molar-refractivity contribution in [3.05, 3.63) is 70.2 Å². The fourth-order valence-corrected chi connectivity index (χ4v) is 3.14. The van der Waals surface area contributed by atoms with Crippen LogP contribution in [0.2, 0.25) is 5.02 Å². The fraction of sp³-hybridized carbons (Fsp3) is 0.316. The zero-order chi connectivity index (χ0) is 16.2. The number of rotatable bonds is 4. The van der Waals surface area contributed by atoms with Crippen LogP contribution < -0.4 is 5.32 Å². The number of carbonyl (C=O) groups excluding carboxylic acids is 1. The van der Waals surface area contributed by atoms with Crippen LogP contribution in [0.3, 0.4) is 0 Å². The van der Waals surface area contributed by atoms with Gasteiger partial charge in [0, 0.05) is 18.1 Å². The average Bonchev–Trinajstić information content (AvgIpc) is 2.55. The van der Waals surface area contributed by atoms with Crippen molar-refractivity contribution in [3.63, 3.8) is 0 Å². The van der Waals surface area contributed by atoms with Crippen molar-refractivity contribution in [2.75, 3.05) is 13.1 Å². The number of hydrogen-bond acceptors (Lipinski definition) is 2. The fourth-order valence-electron chi connectivity index (χ4n) is 3.01. The first-order valence-electron chi connectivity index (χ1n) is 7.96. The molecule has 0 fully saturated rings. The number of nitrogens with one attached hydrogen (secondary N) is 1. The third kappa shape index (κ3) is 4.12. The molecule has 2 aromatic rings. The third-order valence-corrected chi connectivity index (χ3v) is 4.58. The molecular formula is C19H21ClN2O. The highest BCUT2D eigenvalue weighted by Gasteiger charge is 2.19. The lowest BCUT2D eigenvalue weighted by atomic mass is 10.00. The van der Waals surface area contributed by atoms with E-state index >= 15 is 0 Å². The first kappa shape index (κ1) is 16.0. The van der Waals surface area contributed by atoms with Gasteiger partial charge in [0.2, 0.25) is 5.91 Å². The van der Waals surface area contributed by atoms with Crippen LogP contribution >= 0.6 is 11.6 Å². The van der Waals surface area contributed by atoms with Gasteiger partial charge in [-0.25, -0.2) is 0 Å². The van der Waals surface area contributed by atoms with Crippen LogP contribution in [-0.4, -0.2) is 23.9 Å². The van der Waals surface area contributed by atoms with E-state index in [0.29, 0.717) is 11.6 Å². The van der Waals surface area contributed by atoms with Gasteiger partial charge in [-0.1, -0.05) is 48.0 Å². The minimum atomic E-state index is -0.0168. The third-order valence-electron chi connectivity index (χ3n) is 4.32. The van der Waals surface area contributed by atoms with Gasteiger partial charge in [0.05, 0.1) is 12.6 Å². The Morgan fingerprint density at radius 2 is 1.87 bits per heavy atom. The molecular weight excluding hydrogens is 308 g/mol. The van der Waals surface area contributed by atoms with Gasteiger partial charge in [-0.3, -0.25) is 9.69 Å². The molecule has 3 rings (SSSR count). The molecule has 0 bridgehead atoms. The van der Waals surface area contributed by atoms with Crippen LogP contribution in [0.4, 0.5) is 0 Å². The van der Waals surface area contributed by atoms with E-state index in [4.69, 9.17) is 11.6 Å².